The second-order valence-corrected chi connectivity index (χ2v) is 6.47. The number of amides is 1. The van der Waals surface area contributed by atoms with Gasteiger partial charge in [-0.15, -0.1) is 0 Å². The van der Waals surface area contributed by atoms with Crippen molar-refractivity contribution in [3.05, 3.63) is 54.3 Å². The van der Waals surface area contributed by atoms with Crippen LogP contribution in [0.5, 0.6) is 11.5 Å². The lowest BCUT2D eigenvalue weighted by molar-refractivity contribution is -0.131. The standard InChI is InChI=1S/C21H25FN2O3/c1-26-19-8-10-20(11-9-19)27-16-2-3-21(25)24-14-12-23(13-15-24)18-6-4-17(22)5-7-18/h4-11H,2-3,12-16H2,1H3. The summed E-state index contributed by atoms with van der Waals surface area (Å²) < 4.78 is 23.8. The van der Waals surface area contributed by atoms with E-state index in [9.17, 15) is 9.18 Å². The molecule has 144 valence electrons. The second kappa shape index (κ2) is 9.26. The van der Waals surface area contributed by atoms with E-state index in [1.54, 1.807) is 19.2 Å². The fourth-order valence-corrected chi connectivity index (χ4v) is 3.11. The van der Waals surface area contributed by atoms with Crippen molar-refractivity contribution in [2.24, 2.45) is 0 Å². The van der Waals surface area contributed by atoms with Crippen LogP contribution in [0.25, 0.3) is 0 Å². The number of rotatable bonds is 7. The summed E-state index contributed by atoms with van der Waals surface area (Å²) in [7, 11) is 1.63. The minimum Gasteiger partial charge on any atom is -0.497 e. The van der Waals surface area contributed by atoms with Gasteiger partial charge in [0.15, 0.2) is 0 Å². The fraction of sp³-hybridized carbons (Fsp3) is 0.381. The molecule has 1 fully saturated rings. The van der Waals surface area contributed by atoms with E-state index >= 15 is 0 Å². The van der Waals surface area contributed by atoms with Gasteiger partial charge in [0.05, 0.1) is 13.7 Å². The molecular weight excluding hydrogens is 347 g/mol. The molecule has 1 aliphatic heterocycles. The minimum absolute atomic E-state index is 0.159. The van der Waals surface area contributed by atoms with Crippen LogP contribution in [-0.2, 0) is 4.79 Å². The van der Waals surface area contributed by atoms with Gasteiger partial charge in [0.25, 0.3) is 0 Å². The number of piperazine rings is 1. The number of carbonyl (C=O) groups excluding carboxylic acids is 1. The fourth-order valence-electron chi connectivity index (χ4n) is 3.11. The molecule has 0 radical (unpaired) electrons. The van der Waals surface area contributed by atoms with Crippen LogP contribution < -0.4 is 14.4 Å². The van der Waals surface area contributed by atoms with Crippen molar-refractivity contribution in [2.75, 3.05) is 44.8 Å². The van der Waals surface area contributed by atoms with Crippen LogP contribution in [0, 0.1) is 5.82 Å². The predicted molar refractivity (Wildman–Crippen MR) is 103 cm³/mol. The molecule has 1 amide bonds. The number of benzene rings is 2. The number of anilines is 1. The van der Waals surface area contributed by atoms with Crippen LogP contribution >= 0.6 is 0 Å². The van der Waals surface area contributed by atoms with Crippen LogP contribution in [0.1, 0.15) is 12.8 Å². The zero-order valence-corrected chi connectivity index (χ0v) is 15.6. The van der Waals surface area contributed by atoms with Gasteiger partial charge in [-0.3, -0.25) is 4.79 Å². The number of halogens is 1. The zero-order valence-electron chi connectivity index (χ0n) is 15.6. The molecule has 5 nitrogen and oxygen atoms in total. The monoisotopic (exact) mass is 372 g/mol. The summed E-state index contributed by atoms with van der Waals surface area (Å²) in [4.78, 5) is 16.4. The molecule has 0 N–H and O–H groups in total. The molecule has 2 aromatic carbocycles. The lowest BCUT2D eigenvalue weighted by Gasteiger charge is -2.36. The molecule has 1 heterocycles. The lowest BCUT2D eigenvalue weighted by atomic mass is 10.2. The van der Waals surface area contributed by atoms with Crippen molar-refractivity contribution in [2.45, 2.75) is 12.8 Å². The third kappa shape index (κ3) is 5.36. The first-order valence-electron chi connectivity index (χ1n) is 9.21. The van der Waals surface area contributed by atoms with Crippen molar-refractivity contribution < 1.29 is 18.7 Å². The van der Waals surface area contributed by atoms with Crippen molar-refractivity contribution in [1.82, 2.24) is 4.90 Å². The van der Waals surface area contributed by atoms with Gasteiger partial charge in [-0.25, -0.2) is 4.39 Å². The van der Waals surface area contributed by atoms with Gasteiger partial charge in [0.2, 0.25) is 5.91 Å². The van der Waals surface area contributed by atoms with Crippen molar-refractivity contribution in [3.8, 4) is 11.5 Å². The Balaban J connectivity index is 1.36. The second-order valence-electron chi connectivity index (χ2n) is 6.47. The van der Waals surface area contributed by atoms with Gasteiger partial charge in [-0.05, 0) is 55.0 Å². The third-order valence-corrected chi connectivity index (χ3v) is 4.69. The van der Waals surface area contributed by atoms with Gasteiger partial charge in [0, 0.05) is 38.3 Å². The highest BCUT2D eigenvalue weighted by Gasteiger charge is 2.20. The molecule has 0 unspecified atom stereocenters. The molecule has 0 saturated carbocycles. The van der Waals surface area contributed by atoms with Gasteiger partial charge >= 0.3 is 0 Å². The van der Waals surface area contributed by atoms with Crippen molar-refractivity contribution in [3.63, 3.8) is 0 Å². The highest BCUT2D eigenvalue weighted by molar-refractivity contribution is 5.76. The first-order valence-corrected chi connectivity index (χ1v) is 9.21. The van der Waals surface area contributed by atoms with E-state index in [0.717, 1.165) is 30.3 Å². The zero-order chi connectivity index (χ0) is 19.1. The summed E-state index contributed by atoms with van der Waals surface area (Å²) in [6, 6.07) is 13.9. The van der Waals surface area contributed by atoms with Gasteiger partial charge < -0.3 is 19.3 Å². The van der Waals surface area contributed by atoms with Gasteiger partial charge in [0.1, 0.15) is 17.3 Å². The maximum absolute atomic E-state index is 13.0. The van der Waals surface area contributed by atoms with E-state index in [4.69, 9.17) is 9.47 Å². The Kier molecular flexibility index (Phi) is 6.52. The molecule has 6 heteroatoms. The summed E-state index contributed by atoms with van der Waals surface area (Å²) in [6.45, 7) is 3.41. The van der Waals surface area contributed by atoms with Crippen molar-refractivity contribution >= 4 is 11.6 Å². The SMILES string of the molecule is COc1ccc(OCCCC(=O)N2CCN(c3ccc(F)cc3)CC2)cc1. The summed E-state index contributed by atoms with van der Waals surface area (Å²) >= 11 is 0. The minimum atomic E-state index is -0.232. The van der Waals surface area contributed by atoms with Gasteiger partial charge in [-0.2, -0.15) is 0 Å². The summed E-state index contributed by atoms with van der Waals surface area (Å²) in [5, 5.41) is 0. The van der Waals surface area contributed by atoms with Gasteiger partial charge in [-0.1, -0.05) is 0 Å². The Hall–Kier alpha value is -2.76. The van der Waals surface area contributed by atoms with Crippen LogP contribution in [0.3, 0.4) is 0 Å². The average Bonchev–Trinajstić information content (AvgIpc) is 2.72. The first kappa shape index (κ1) is 19.0. The van der Waals surface area contributed by atoms with Crippen LogP contribution in [-0.4, -0.2) is 50.7 Å². The Morgan fingerprint density at radius 3 is 2.22 bits per heavy atom. The highest BCUT2D eigenvalue weighted by Crippen LogP contribution is 2.18. The third-order valence-electron chi connectivity index (χ3n) is 4.69. The summed E-state index contributed by atoms with van der Waals surface area (Å²) in [6.07, 6.45) is 1.16. The highest BCUT2D eigenvalue weighted by atomic mass is 19.1. The molecule has 3 rings (SSSR count). The number of hydrogen-bond donors (Lipinski definition) is 0. The summed E-state index contributed by atoms with van der Waals surface area (Å²) in [5.74, 6) is 1.49. The lowest BCUT2D eigenvalue weighted by Crippen LogP contribution is -2.48. The van der Waals surface area contributed by atoms with E-state index in [-0.39, 0.29) is 11.7 Å². The molecule has 0 bridgehead atoms. The Morgan fingerprint density at radius 1 is 0.963 bits per heavy atom. The topological polar surface area (TPSA) is 42.0 Å². The number of carbonyl (C=O) groups is 1. The maximum atomic E-state index is 13.0. The molecule has 0 spiro atoms. The molecule has 1 saturated heterocycles. The van der Waals surface area contributed by atoms with E-state index in [1.807, 2.05) is 29.2 Å². The molecule has 1 aliphatic rings. The number of nitrogens with zero attached hydrogens (tertiary/aromatic N) is 2. The number of ether oxygens (including phenoxy) is 2. The van der Waals surface area contributed by atoms with Crippen LogP contribution in [0.4, 0.5) is 10.1 Å². The summed E-state index contributed by atoms with van der Waals surface area (Å²) in [5.41, 5.74) is 0.997. The van der Waals surface area contributed by atoms with E-state index < -0.39 is 0 Å². The molecule has 0 aromatic heterocycles. The quantitative estimate of drug-likeness (QED) is 0.699. The molecule has 2 aromatic rings. The maximum Gasteiger partial charge on any atom is 0.222 e. The first-order chi connectivity index (χ1) is 13.2. The van der Waals surface area contributed by atoms with E-state index in [0.29, 0.717) is 32.5 Å². The van der Waals surface area contributed by atoms with E-state index in [1.165, 1.54) is 12.1 Å². The van der Waals surface area contributed by atoms with Crippen molar-refractivity contribution in [1.29, 1.82) is 0 Å². The Morgan fingerprint density at radius 2 is 1.59 bits per heavy atom. The van der Waals surface area contributed by atoms with Crippen LogP contribution in [0.2, 0.25) is 0 Å². The predicted octanol–water partition coefficient (Wildman–Crippen LogP) is 3.34. The smallest absolute Gasteiger partial charge is 0.222 e. The van der Waals surface area contributed by atoms with Crippen LogP contribution in [0.15, 0.2) is 48.5 Å². The average molecular weight is 372 g/mol. The molecular formula is C21H25FN2O3. The Bertz CT molecular complexity index is 726. The molecule has 0 aliphatic carbocycles. The normalized spacial score (nSPS) is 14.1. The Labute approximate surface area is 159 Å². The largest absolute Gasteiger partial charge is 0.497 e. The molecule has 27 heavy (non-hydrogen) atoms. The van der Waals surface area contributed by atoms with E-state index in [2.05, 4.69) is 4.90 Å². The number of methoxy groups -OCH3 is 1. The number of hydrogen-bond acceptors (Lipinski definition) is 4. The molecule has 0 atom stereocenters.